The van der Waals surface area contributed by atoms with E-state index in [9.17, 15) is 19.5 Å². The third kappa shape index (κ3) is 3.79. The zero-order valence-corrected chi connectivity index (χ0v) is 20.4. The molecule has 3 fully saturated rings. The molecule has 178 valence electrons. The quantitative estimate of drug-likeness (QED) is 0.473. The molecule has 7 nitrogen and oxygen atoms in total. The number of nitrogens with zero attached hydrogens (tertiary/aromatic N) is 3. The minimum absolute atomic E-state index is 0.0220. The molecule has 0 aromatic rings. The van der Waals surface area contributed by atoms with E-state index in [2.05, 4.69) is 27.0 Å². The highest BCUT2D eigenvalue weighted by atomic mass is 32.2. The Morgan fingerprint density at radius 1 is 1.28 bits per heavy atom. The maximum atomic E-state index is 13.9. The van der Waals surface area contributed by atoms with Gasteiger partial charge in [0.25, 0.3) is 0 Å². The standard InChI is InChI=1S/C24H37N3O4S/c1-6-9-12-26(11-8-3)23(31)20-24-16(4)15-17(32-24)18(21(29)25(5)10-7-2)19(24)22(30)27(20)13-14-28/h7-8,16-20,28H,2-3,6,9-15H2,1,4-5H3/t16?,17-,18+,19+,20?,24?/m1/s1. The van der Waals surface area contributed by atoms with Gasteiger partial charge in [0.05, 0.1) is 23.2 Å². The summed E-state index contributed by atoms with van der Waals surface area (Å²) < 4.78 is -0.644. The van der Waals surface area contributed by atoms with Crippen molar-refractivity contribution in [3.05, 3.63) is 25.3 Å². The van der Waals surface area contributed by atoms with Crippen LogP contribution in [0.3, 0.4) is 0 Å². The first-order chi connectivity index (χ1) is 15.3. The van der Waals surface area contributed by atoms with Gasteiger partial charge in [-0.2, -0.15) is 0 Å². The fourth-order valence-corrected chi connectivity index (χ4v) is 8.35. The van der Waals surface area contributed by atoms with Crippen molar-refractivity contribution in [3.63, 3.8) is 0 Å². The number of hydrogen-bond donors (Lipinski definition) is 1. The van der Waals surface area contributed by atoms with E-state index in [1.807, 2.05) is 0 Å². The van der Waals surface area contributed by atoms with Gasteiger partial charge in [-0.1, -0.05) is 32.4 Å². The van der Waals surface area contributed by atoms with Crippen molar-refractivity contribution in [3.8, 4) is 0 Å². The Morgan fingerprint density at radius 2 is 1.97 bits per heavy atom. The third-order valence-corrected chi connectivity index (χ3v) is 9.40. The molecule has 32 heavy (non-hydrogen) atoms. The van der Waals surface area contributed by atoms with Crippen molar-refractivity contribution in [1.29, 1.82) is 0 Å². The SMILES string of the molecule is C=CCN(C)C(=O)[C@@H]1[C@H]2C(=O)N(CCO)C(C(=O)N(CC=C)CCCC)C23S[C@@H]1CC3C. The van der Waals surface area contributed by atoms with Crippen LogP contribution in [0.15, 0.2) is 25.3 Å². The molecule has 3 unspecified atom stereocenters. The second-order valence-corrected chi connectivity index (χ2v) is 10.8. The van der Waals surface area contributed by atoms with Crippen LogP contribution in [0.1, 0.15) is 33.1 Å². The Labute approximate surface area is 195 Å². The van der Waals surface area contributed by atoms with Gasteiger partial charge in [0.15, 0.2) is 0 Å². The van der Waals surface area contributed by atoms with Crippen LogP contribution >= 0.6 is 11.8 Å². The van der Waals surface area contributed by atoms with Gasteiger partial charge >= 0.3 is 0 Å². The molecular formula is C24H37N3O4S. The monoisotopic (exact) mass is 463 g/mol. The van der Waals surface area contributed by atoms with E-state index in [1.54, 1.807) is 45.7 Å². The number of β-amino-alcohol motifs (C(OH)–C–C–N with tert-alkyl or cyclic N) is 1. The maximum absolute atomic E-state index is 13.9. The van der Waals surface area contributed by atoms with Crippen LogP contribution < -0.4 is 0 Å². The number of carbonyl (C=O) groups excluding carboxylic acids is 3. The molecule has 0 radical (unpaired) electrons. The van der Waals surface area contributed by atoms with Crippen molar-refractivity contribution in [1.82, 2.24) is 14.7 Å². The molecule has 1 spiro atoms. The normalized spacial score (nSPS) is 32.7. The van der Waals surface area contributed by atoms with Crippen LogP contribution in [0.2, 0.25) is 0 Å². The second-order valence-electron chi connectivity index (χ2n) is 9.24. The summed E-state index contributed by atoms with van der Waals surface area (Å²) in [6.45, 7) is 13.0. The van der Waals surface area contributed by atoms with Crippen LogP contribution in [0.25, 0.3) is 0 Å². The van der Waals surface area contributed by atoms with E-state index in [4.69, 9.17) is 0 Å². The van der Waals surface area contributed by atoms with Gasteiger partial charge in [0.2, 0.25) is 17.7 Å². The predicted molar refractivity (Wildman–Crippen MR) is 127 cm³/mol. The number of likely N-dealkylation sites (tertiary alicyclic amines) is 1. The lowest BCUT2D eigenvalue weighted by atomic mass is 9.65. The van der Waals surface area contributed by atoms with Gasteiger partial charge in [-0.3, -0.25) is 14.4 Å². The van der Waals surface area contributed by atoms with Gasteiger partial charge in [0.1, 0.15) is 6.04 Å². The highest BCUT2D eigenvalue weighted by Crippen LogP contribution is 2.68. The molecule has 6 atom stereocenters. The number of aliphatic hydroxyl groups excluding tert-OH is 1. The molecule has 3 aliphatic heterocycles. The number of amides is 3. The lowest BCUT2D eigenvalue weighted by Crippen LogP contribution is -2.57. The van der Waals surface area contributed by atoms with Crippen molar-refractivity contribution < 1.29 is 19.5 Å². The Morgan fingerprint density at radius 3 is 2.56 bits per heavy atom. The van der Waals surface area contributed by atoms with Gasteiger partial charge in [-0.05, 0) is 18.8 Å². The molecule has 1 N–H and O–H groups in total. The first-order valence-electron chi connectivity index (χ1n) is 11.6. The number of rotatable bonds is 11. The van der Waals surface area contributed by atoms with Crippen molar-refractivity contribution >= 4 is 29.5 Å². The molecule has 0 aromatic carbocycles. The molecule has 3 amide bonds. The smallest absolute Gasteiger partial charge is 0.247 e. The average Bonchev–Trinajstić information content (AvgIpc) is 3.35. The van der Waals surface area contributed by atoms with Crippen molar-refractivity contribution in [2.75, 3.05) is 39.8 Å². The Kier molecular flexibility index (Phi) is 7.76. The topological polar surface area (TPSA) is 81.2 Å². The minimum Gasteiger partial charge on any atom is -0.395 e. The molecule has 3 aliphatic rings. The lowest BCUT2D eigenvalue weighted by molar-refractivity contribution is -0.144. The number of unbranched alkanes of at least 4 members (excludes halogenated alkanes) is 1. The van der Waals surface area contributed by atoms with Gasteiger partial charge in [-0.25, -0.2) is 0 Å². The first kappa shape index (κ1) is 24.8. The zero-order valence-electron chi connectivity index (χ0n) is 19.5. The van der Waals surface area contributed by atoms with Crippen LogP contribution in [-0.2, 0) is 14.4 Å². The molecule has 0 aromatic heterocycles. The first-order valence-corrected chi connectivity index (χ1v) is 12.5. The summed E-state index contributed by atoms with van der Waals surface area (Å²) in [5.74, 6) is -1.18. The molecule has 0 saturated carbocycles. The van der Waals surface area contributed by atoms with Crippen LogP contribution in [0.4, 0.5) is 0 Å². The molecule has 3 saturated heterocycles. The summed E-state index contributed by atoms with van der Waals surface area (Å²) in [7, 11) is 1.74. The largest absolute Gasteiger partial charge is 0.395 e. The van der Waals surface area contributed by atoms with E-state index in [0.29, 0.717) is 19.6 Å². The Bertz CT molecular complexity index is 774. The summed E-state index contributed by atoms with van der Waals surface area (Å²) in [6, 6.07) is -0.670. The number of carbonyl (C=O) groups is 3. The summed E-state index contributed by atoms with van der Waals surface area (Å²) in [5, 5.41) is 9.75. The summed E-state index contributed by atoms with van der Waals surface area (Å²) in [5.41, 5.74) is 0. The van der Waals surface area contributed by atoms with Gasteiger partial charge < -0.3 is 19.8 Å². The number of likely N-dealkylation sites (N-methyl/N-ethyl adjacent to an activating group) is 1. The number of thioether (sulfide) groups is 1. The molecule has 8 heteroatoms. The molecular weight excluding hydrogens is 426 g/mol. The third-order valence-electron chi connectivity index (χ3n) is 7.33. The minimum atomic E-state index is -0.670. The molecule has 3 rings (SSSR count). The Hall–Kier alpha value is -1.80. The number of fused-ring (bicyclic) bond motifs is 1. The molecule has 0 aliphatic carbocycles. The van der Waals surface area contributed by atoms with Crippen LogP contribution in [0.5, 0.6) is 0 Å². The summed E-state index contributed by atoms with van der Waals surface area (Å²) in [4.78, 5) is 46.0. The van der Waals surface area contributed by atoms with E-state index in [-0.39, 0.29) is 42.0 Å². The van der Waals surface area contributed by atoms with Crippen molar-refractivity contribution in [2.24, 2.45) is 17.8 Å². The van der Waals surface area contributed by atoms with Gasteiger partial charge in [-0.15, -0.1) is 24.9 Å². The van der Waals surface area contributed by atoms with E-state index >= 15 is 0 Å². The predicted octanol–water partition coefficient (Wildman–Crippen LogP) is 1.78. The summed E-state index contributed by atoms with van der Waals surface area (Å²) >= 11 is 1.67. The highest BCUT2D eigenvalue weighted by Gasteiger charge is 2.76. The van der Waals surface area contributed by atoms with Crippen molar-refractivity contribution in [2.45, 2.75) is 49.1 Å². The van der Waals surface area contributed by atoms with Gasteiger partial charge in [0, 0.05) is 38.5 Å². The Balaban J connectivity index is 2.03. The highest BCUT2D eigenvalue weighted by molar-refractivity contribution is 8.02. The second kappa shape index (κ2) is 10.00. The summed E-state index contributed by atoms with van der Waals surface area (Å²) in [6.07, 6.45) is 6.03. The fraction of sp³-hybridized carbons (Fsp3) is 0.708. The van der Waals surface area contributed by atoms with E-state index in [0.717, 1.165) is 19.3 Å². The number of hydrogen-bond acceptors (Lipinski definition) is 5. The fourth-order valence-electron chi connectivity index (χ4n) is 5.94. The lowest BCUT2D eigenvalue weighted by Gasteiger charge is -2.40. The molecule has 2 bridgehead atoms. The maximum Gasteiger partial charge on any atom is 0.247 e. The number of aliphatic hydroxyl groups is 1. The molecule has 3 heterocycles. The van der Waals surface area contributed by atoms with Crippen LogP contribution in [-0.4, -0.2) is 93.4 Å². The average molecular weight is 464 g/mol. The van der Waals surface area contributed by atoms with E-state index < -0.39 is 22.6 Å². The van der Waals surface area contributed by atoms with Crippen LogP contribution in [0, 0.1) is 17.8 Å². The van der Waals surface area contributed by atoms with E-state index in [1.165, 1.54) is 0 Å². The zero-order chi connectivity index (χ0) is 23.6.